The molecule has 3 aromatic carbocycles. The zero-order valence-corrected chi connectivity index (χ0v) is 17.1. The molecule has 5 aromatic rings. The van der Waals surface area contributed by atoms with Gasteiger partial charge in [0.05, 0.1) is 12.1 Å². The number of nitrogens with one attached hydrogen (secondary N) is 3. The Morgan fingerprint density at radius 2 is 1.53 bits per heavy atom. The van der Waals surface area contributed by atoms with E-state index >= 15 is 0 Å². The number of hydrogen-bond acceptors (Lipinski definition) is 4. The van der Waals surface area contributed by atoms with Crippen LogP contribution in [0.4, 0.5) is 17.1 Å². The summed E-state index contributed by atoms with van der Waals surface area (Å²) in [6.45, 7) is 0. The van der Waals surface area contributed by atoms with E-state index in [1.807, 2.05) is 78.9 Å². The van der Waals surface area contributed by atoms with Crippen molar-refractivity contribution in [1.29, 1.82) is 0 Å². The van der Waals surface area contributed by atoms with Crippen LogP contribution in [0, 0.1) is 0 Å². The van der Waals surface area contributed by atoms with E-state index in [1.54, 1.807) is 12.3 Å². The molecule has 2 aromatic heterocycles. The van der Waals surface area contributed by atoms with Crippen molar-refractivity contribution in [3.8, 4) is 0 Å². The van der Waals surface area contributed by atoms with Gasteiger partial charge < -0.3 is 15.6 Å². The molecule has 0 spiro atoms. The maximum atomic E-state index is 12.4. The molecule has 0 bridgehead atoms. The molecule has 5 rings (SSSR count). The fourth-order valence-electron chi connectivity index (χ4n) is 3.78. The second-order valence-corrected chi connectivity index (χ2v) is 7.49. The third-order valence-electron chi connectivity index (χ3n) is 5.28. The lowest BCUT2D eigenvalue weighted by Gasteiger charge is -2.12. The molecule has 156 valence electrons. The molecule has 3 N–H and O–H groups in total. The number of benzene rings is 3. The van der Waals surface area contributed by atoms with Crippen molar-refractivity contribution < 1.29 is 4.79 Å². The minimum atomic E-state index is -0.157. The first kappa shape index (κ1) is 19.5. The molecule has 6 nitrogen and oxygen atoms in total. The molecule has 0 atom stereocenters. The Bertz CT molecular complexity index is 1480. The molecule has 0 unspecified atom stereocenters. The summed E-state index contributed by atoms with van der Waals surface area (Å²) in [4.78, 5) is 31.8. The van der Waals surface area contributed by atoms with Crippen LogP contribution >= 0.6 is 0 Å². The highest BCUT2D eigenvalue weighted by atomic mass is 16.1. The van der Waals surface area contributed by atoms with E-state index in [0.717, 1.165) is 33.4 Å². The van der Waals surface area contributed by atoms with Crippen molar-refractivity contribution >= 4 is 44.8 Å². The van der Waals surface area contributed by atoms with Gasteiger partial charge in [-0.2, -0.15) is 0 Å². The van der Waals surface area contributed by atoms with Crippen LogP contribution in [0.5, 0.6) is 0 Å². The molecular weight excluding hydrogens is 400 g/mol. The molecule has 0 saturated carbocycles. The van der Waals surface area contributed by atoms with Gasteiger partial charge in [0.2, 0.25) is 5.91 Å². The normalized spacial score (nSPS) is 10.9. The first-order chi connectivity index (χ1) is 15.7. The van der Waals surface area contributed by atoms with Gasteiger partial charge in [0.15, 0.2) is 0 Å². The molecule has 1 amide bonds. The lowest BCUT2D eigenvalue weighted by molar-refractivity contribution is -0.115. The summed E-state index contributed by atoms with van der Waals surface area (Å²) < 4.78 is 0. The van der Waals surface area contributed by atoms with E-state index in [9.17, 15) is 9.59 Å². The van der Waals surface area contributed by atoms with Crippen LogP contribution < -0.4 is 16.2 Å². The number of amides is 1. The summed E-state index contributed by atoms with van der Waals surface area (Å²) in [5.41, 5.74) is 3.80. The van der Waals surface area contributed by atoms with Crippen molar-refractivity contribution in [2.45, 2.75) is 6.42 Å². The molecule has 0 aliphatic carbocycles. The van der Waals surface area contributed by atoms with Crippen LogP contribution in [0.1, 0.15) is 5.56 Å². The highest BCUT2D eigenvalue weighted by Crippen LogP contribution is 2.29. The first-order valence-electron chi connectivity index (χ1n) is 10.3. The number of fused-ring (bicyclic) bond motifs is 3. The first-order valence-corrected chi connectivity index (χ1v) is 10.3. The Kier molecular flexibility index (Phi) is 5.09. The average Bonchev–Trinajstić information content (AvgIpc) is 2.81. The molecule has 2 heterocycles. The number of aromatic nitrogens is 2. The molecule has 0 aliphatic heterocycles. The van der Waals surface area contributed by atoms with Gasteiger partial charge in [0.1, 0.15) is 5.65 Å². The maximum Gasteiger partial charge on any atom is 0.257 e. The van der Waals surface area contributed by atoms with Gasteiger partial charge in [-0.1, -0.05) is 48.5 Å². The SMILES string of the molecule is O=C(Cc1ccc(Nc2ccnc3[nH]c(=O)c4ccccc4c23)cc1)Nc1ccccc1. The van der Waals surface area contributed by atoms with Crippen molar-refractivity contribution in [3.63, 3.8) is 0 Å². The van der Waals surface area contributed by atoms with E-state index in [-0.39, 0.29) is 11.5 Å². The van der Waals surface area contributed by atoms with Crippen molar-refractivity contribution in [2.24, 2.45) is 0 Å². The fourth-order valence-corrected chi connectivity index (χ4v) is 3.78. The van der Waals surface area contributed by atoms with Gasteiger partial charge in [-0.05, 0) is 42.0 Å². The van der Waals surface area contributed by atoms with Crippen molar-refractivity contribution in [2.75, 3.05) is 10.6 Å². The smallest absolute Gasteiger partial charge is 0.257 e. The average molecular weight is 420 g/mol. The second-order valence-electron chi connectivity index (χ2n) is 7.49. The maximum absolute atomic E-state index is 12.4. The number of aromatic amines is 1. The van der Waals surface area contributed by atoms with Crippen LogP contribution in [-0.4, -0.2) is 15.9 Å². The third kappa shape index (κ3) is 3.94. The van der Waals surface area contributed by atoms with Gasteiger partial charge in [-0.3, -0.25) is 9.59 Å². The van der Waals surface area contributed by atoms with Gasteiger partial charge in [-0.25, -0.2) is 4.98 Å². The molecule has 0 saturated heterocycles. The molecular formula is C26H20N4O2. The zero-order valence-electron chi connectivity index (χ0n) is 17.1. The number of pyridine rings is 2. The van der Waals surface area contributed by atoms with Gasteiger partial charge in [0, 0.05) is 33.7 Å². The topological polar surface area (TPSA) is 86.9 Å². The monoisotopic (exact) mass is 420 g/mol. The quantitative estimate of drug-likeness (QED) is 0.349. The highest BCUT2D eigenvalue weighted by molar-refractivity contribution is 6.10. The largest absolute Gasteiger partial charge is 0.355 e. The van der Waals surface area contributed by atoms with Crippen LogP contribution in [0.3, 0.4) is 0 Å². The Balaban J connectivity index is 1.38. The minimum Gasteiger partial charge on any atom is -0.355 e. The van der Waals surface area contributed by atoms with E-state index in [2.05, 4.69) is 20.6 Å². The van der Waals surface area contributed by atoms with E-state index in [0.29, 0.717) is 17.5 Å². The fraction of sp³-hybridized carbons (Fsp3) is 0.0385. The van der Waals surface area contributed by atoms with Crippen LogP contribution in [0.15, 0.2) is 95.9 Å². The summed E-state index contributed by atoms with van der Waals surface area (Å²) >= 11 is 0. The Morgan fingerprint density at radius 1 is 0.812 bits per heavy atom. The summed E-state index contributed by atoms with van der Waals surface area (Å²) in [5, 5.41) is 8.63. The molecule has 0 radical (unpaired) electrons. The van der Waals surface area contributed by atoms with E-state index in [1.165, 1.54) is 0 Å². The van der Waals surface area contributed by atoms with Crippen LogP contribution in [0.25, 0.3) is 21.8 Å². The van der Waals surface area contributed by atoms with E-state index in [4.69, 9.17) is 0 Å². The number of carbonyl (C=O) groups is 1. The van der Waals surface area contributed by atoms with Gasteiger partial charge >= 0.3 is 0 Å². The second kappa shape index (κ2) is 8.35. The van der Waals surface area contributed by atoms with Crippen LogP contribution in [0.2, 0.25) is 0 Å². The number of H-pyrrole nitrogens is 1. The third-order valence-corrected chi connectivity index (χ3v) is 5.28. The van der Waals surface area contributed by atoms with Gasteiger partial charge in [-0.15, -0.1) is 0 Å². The molecule has 6 heteroatoms. The predicted molar refractivity (Wildman–Crippen MR) is 128 cm³/mol. The molecule has 0 aliphatic rings. The number of rotatable bonds is 5. The minimum absolute atomic E-state index is 0.0625. The zero-order chi connectivity index (χ0) is 21.9. The highest BCUT2D eigenvalue weighted by Gasteiger charge is 2.10. The number of nitrogens with zero attached hydrogens (tertiary/aromatic N) is 1. The summed E-state index contributed by atoms with van der Waals surface area (Å²) in [7, 11) is 0. The summed E-state index contributed by atoms with van der Waals surface area (Å²) in [5.74, 6) is -0.0625. The van der Waals surface area contributed by atoms with E-state index < -0.39 is 0 Å². The van der Waals surface area contributed by atoms with Gasteiger partial charge in [0.25, 0.3) is 5.56 Å². The molecule has 0 fully saturated rings. The van der Waals surface area contributed by atoms with Crippen molar-refractivity contribution in [1.82, 2.24) is 9.97 Å². The lowest BCUT2D eigenvalue weighted by Crippen LogP contribution is -2.14. The Labute approximate surface area is 184 Å². The summed E-state index contributed by atoms with van der Waals surface area (Å²) in [6, 6.07) is 26.5. The Hall–Kier alpha value is -4.45. The summed E-state index contributed by atoms with van der Waals surface area (Å²) in [6.07, 6.45) is 1.96. The predicted octanol–water partition coefficient (Wildman–Crippen LogP) is 5.00. The van der Waals surface area contributed by atoms with Crippen molar-refractivity contribution in [3.05, 3.63) is 107 Å². The number of para-hydroxylation sites is 1. The lowest BCUT2D eigenvalue weighted by atomic mass is 10.1. The molecule has 32 heavy (non-hydrogen) atoms. The standard InChI is InChI=1S/C26H20N4O2/c31-23(29-18-6-2-1-3-7-18)16-17-10-12-19(13-11-17)28-22-14-15-27-25-24(22)20-8-4-5-9-21(20)26(32)30-25/h1-15H,16H2,(H,29,31)(H2,27,28,30,32). The number of carbonyl (C=O) groups excluding carboxylic acids is 1. The Morgan fingerprint density at radius 3 is 2.31 bits per heavy atom. The van der Waals surface area contributed by atoms with Crippen LogP contribution in [-0.2, 0) is 11.2 Å². The number of hydrogen-bond donors (Lipinski definition) is 3. The number of anilines is 3.